The maximum absolute atomic E-state index is 12.1. The summed E-state index contributed by atoms with van der Waals surface area (Å²) in [5, 5.41) is 1.97. The minimum atomic E-state index is 0.275. The van der Waals surface area contributed by atoms with Gasteiger partial charge in [0.2, 0.25) is 0 Å². The summed E-state index contributed by atoms with van der Waals surface area (Å²) in [7, 11) is 0. The molecule has 1 rings (SSSR count). The van der Waals surface area contributed by atoms with Crippen molar-refractivity contribution < 1.29 is 4.79 Å². The minimum Gasteiger partial charge on any atom is -0.293 e. The third-order valence-electron chi connectivity index (χ3n) is 3.70. The van der Waals surface area contributed by atoms with Gasteiger partial charge in [-0.05, 0) is 38.3 Å². The highest BCUT2D eigenvalue weighted by molar-refractivity contribution is 9.13. The lowest BCUT2D eigenvalue weighted by Gasteiger charge is -2.02. The summed E-state index contributed by atoms with van der Waals surface area (Å²) >= 11 is 8.41. The Balaban J connectivity index is 1.99. The molecule has 0 aliphatic heterocycles. The van der Waals surface area contributed by atoms with Crippen LogP contribution in [0.1, 0.15) is 87.2 Å². The van der Waals surface area contributed by atoms with Crippen molar-refractivity contribution in [3.63, 3.8) is 0 Å². The van der Waals surface area contributed by atoms with E-state index >= 15 is 0 Å². The smallest absolute Gasteiger partial charge is 0.173 e. The van der Waals surface area contributed by atoms with Crippen molar-refractivity contribution in [1.29, 1.82) is 0 Å². The molecule has 1 heterocycles. The number of unbranched alkanes of at least 4 members (excludes halogenated alkanes) is 9. The number of hydrogen-bond acceptors (Lipinski definition) is 2. The molecule has 0 unspecified atom stereocenters. The molecule has 0 bridgehead atoms. The fourth-order valence-electron chi connectivity index (χ4n) is 2.40. The molecule has 0 aromatic carbocycles. The summed E-state index contributed by atoms with van der Waals surface area (Å²) in [5.74, 6) is 0.275. The van der Waals surface area contributed by atoms with Gasteiger partial charge in [-0.3, -0.25) is 4.79 Å². The Morgan fingerprint density at radius 2 is 1.48 bits per heavy atom. The summed E-state index contributed by atoms with van der Waals surface area (Å²) in [6, 6.07) is 0. The topological polar surface area (TPSA) is 17.1 Å². The van der Waals surface area contributed by atoms with E-state index in [2.05, 4.69) is 38.8 Å². The fraction of sp³-hybridized carbons (Fsp3) is 0.706. The number of Topliss-reactive ketones (excluding diaryl/α,β-unsaturated/α-hetero) is 1. The van der Waals surface area contributed by atoms with Gasteiger partial charge in [-0.2, -0.15) is 0 Å². The zero-order valence-electron chi connectivity index (χ0n) is 12.9. The lowest BCUT2D eigenvalue weighted by molar-refractivity contribution is 0.0982. The van der Waals surface area contributed by atoms with E-state index in [-0.39, 0.29) is 5.78 Å². The van der Waals surface area contributed by atoms with Crippen molar-refractivity contribution >= 4 is 49.0 Å². The van der Waals surface area contributed by atoms with E-state index in [1.807, 2.05) is 5.38 Å². The van der Waals surface area contributed by atoms with Crippen molar-refractivity contribution in [3.8, 4) is 0 Å². The molecule has 1 aromatic heterocycles. The van der Waals surface area contributed by atoms with Crippen molar-refractivity contribution in [1.82, 2.24) is 0 Å². The molecule has 0 atom stereocenters. The van der Waals surface area contributed by atoms with Crippen molar-refractivity contribution in [2.45, 2.75) is 77.6 Å². The Bertz CT molecular complexity index is 415. The Kier molecular flexibility index (Phi) is 10.9. The third-order valence-corrected chi connectivity index (χ3v) is 7.27. The van der Waals surface area contributed by atoms with Gasteiger partial charge in [-0.15, -0.1) is 11.3 Å². The van der Waals surface area contributed by atoms with Gasteiger partial charge in [-0.1, -0.05) is 64.7 Å². The summed E-state index contributed by atoms with van der Waals surface area (Å²) in [6.45, 7) is 2.26. The molecule has 0 saturated carbocycles. The molecule has 0 radical (unpaired) electrons. The van der Waals surface area contributed by atoms with Crippen LogP contribution in [0.2, 0.25) is 0 Å². The molecule has 0 spiro atoms. The van der Waals surface area contributed by atoms with Gasteiger partial charge in [0.05, 0.1) is 9.35 Å². The van der Waals surface area contributed by atoms with Gasteiger partial charge >= 0.3 is 0 Å². The summed E-state index contributed by atoms with van der Waals surface area (Å²) in [4.78, 5) is 12.9. The molecule has 120 valence electrons. The molecule has 4 heteroatoms. The first-order valence-corrected chi connectivity index (χ1v) is 10.6. The normalized spacial score (nSPS) is 11.0. The first kappa shape index (κ1) is 19.4. The number of halogens is 2. The predicted molar refractivity (Wildman–Crippen MR) is 101 cm³/mol. The maximum Gasteiger partial charge on any atom is 0.173 e. The molecule has 1 nitrogen and oxygen atoms in total. The van der Waals surface area contributed by atoms with Gasteiger partial charge in [0.25, 0.3) is 0 Å². The van der Waals surface area contributed by atoms with Gasteiger partial charge in [0.1, 0.15) is 0 Å². The predicted octanol–water partition coefficient (Wildman–Crippen LogP) is 7.77. The molecular weight excluding hydrogens is 412 g/mol. The molecule has 0 aliphatic rings. The van der Waals surface area contributed by atoms with Crippen molar-refractivity contribution in [3.05, 3.63) is 19.2 Å². The Hall–Kier alpha value is 0.330. The Morgan fingerprint density at radius 1 is 0.952 bits per heavy atom. The zero-order valence-corrected chi connectivity index (χ0v) is 16.9. The quantitative estimate of drug-likeness (QED) is 0.241. The van der Waals surface area contributed by atoms with Crippen LogP contribution in [0.5, 0.6) is 0 Å². The lowest BCUT2D eigenvalue weighted by atomic mass is 10.0. The third kappa shape index (κ3) is 7.94. The average molecular weight is 438 g/mol. The molecule has 0 amide bonds. The Morgan fingerprint density at radius 3 is 1.95 bits per heavy atom. The van der Waals surface area contributed by atoms with Gasteiger partial charge in [0.15, 0.2) is 5.78 Å². The second-order valence-corrected chi connectivity index (χ2v) is 8.11. The van der Waals surface area contributed by atoms with Crippen molar-refractivity contribution in [2.24, 2.45) is 0 Å². The number of hydrogen-bond donors (Lipinski definition) is 0. The van der Waals surface area contributed by atoms with E-state index in [0.29, 0.717) is 6.42 Å². The van der Waals surface area contributed by atoms with Gasteiger partial charge in [0, 0.05) is 16.3 Å². The minimum absolute atomic E-state index is 0.275. The van der Waals surface area contributed by atoms with E-state index < -0.39 is 0 Å². The maximum atomic E-state index is 12.1. The largest absolute Gasteiger partial charge is 0.293 e. The van der Waals surface area contributed by atoms with E-state index in [4.69, 9.17) is 0 Å². The first-order valence-electron chi connectivity index (χ1n) is 8.12. The SMILES string of the molecule is CCCCCCCCCCCCC(=O)c1scc(Br)c1Br. The highest BCUT2D eigenvalue weighted by Crippen LogP contribution is 2.33. The Labute approximate surface area is 150 Å². The second kappa shape index (κ2) is 11.8. The monoisotopic (exact) mass is 436 g/mol. The van der Waals surface area contributed by atoms with Crippen LogP contribution in [0.4, 0.5) is 0 Å². The van der Waals surface area contributed by atoms with E-state index in [1.54, 1.807) is 0 Å². The molecule has 0 saturated heterocycles. The van der Waals surface area contributed by atoms with Gasteiger partial charge < -0.3 is 0 Å². The van der Waals surface area contributed by atoms with Crippen molar-refractivity contribution in [2.75, 3.05) is 0 Å². The van der Waals surface area contributed by atoms with E-state index in [0.717, 1.165) is 20.2 Å². The van der Waals surface area contributed by atoms with Crippen LogP contribution in [0.15, 0.2) is 14.3 Å². The molecule has 21 heavy (non-hydrogen) atoms. The molecule has 1 aromatic rings. The summed E-state index contributed by atoms with van der Waals surface area (Å²) in [5.41, 5.74) is 0. The van der Waals surface area contributed by atoms with E-state index in [9.17, 15) is 4.79 Å². The van der Waals surface area contributed by atoms with Crippen LogP contribution in [0.3, 0.4) is 0 Å². The van der Waals surface area contributed by atoms with E-state index in [1.165, 1.54) is 69.1 Å². The van der Waals surface area contributed by atoms with Gasteiger partial charge in [-0.25, -0.2) is 0 Å². The zero-order chi connectivity index (χ0) is 15.5. The standard InChI is InChI=1S/C17H26Br2OS/c1-2-3-4-5-6-7-8-9-10-11-12-15(20)17-16(19)14(18)13-21-17/h13H,2-12H2,1H3. The second-order valence-electron chi connectivity index (χ2n) is 5.58. The average Bonchev–Trinajstić information content (AvgIpc) is 2.81. The molecule has 0 N–H and O–H groups in total. The van der Waals surface area contributed by atoms with Crippen LogP contribution in [0.25, 0.3) is 0 Å². The molecular formula is C17H26Br2OS. The summed E-state index contributed by atoms with van der Waals surface area (Å²) in [6.07, 6.45) is 13.7. The molecule has 0 aliphatic carbocycles. The fourth-order valence-corrected chi connectivity index (χ4v) is 4.56. The number of thiophene rings is 1. The van der Waals surface area contributed by atoms with Crippen LogP contribution >= 0.6 is 43.2 Å². The van der Waals surface area contributed by atoms with Crippen LogP contribution in [-0.2, 0) is 0 Å². The van der Waals surface area contributed by atoms with Crippen LogP contribution in [0, 0.1) is 0 Å². The van der Waals surface area contributed by atoms with Crippen LogP contribution in [-0.4, -0.2) is 5.78 Å². The number of rotatable bonds is 12. The number of ketones is 1. The first-order chi connectivity index (χ1) is 10.2. The summed E-state index contributed by atoms with van der Waals surface area (Å²) < 4.78 is 1.91. The van der Waals surface area contributed by atoms with Crippen LogP contribution < -0.4 is 0 Å². The highest BCUT2D eigenvalue weighted by atomic mass is 79.9. The molecule has 0 fully saturated rings. The lowest BCUT2D eigenvalue weighted by Crippen LogP contribution is -1.96. The highest BCUT2D eigenvalue weighted by Gasteiger charge is 2.14. The number of carbonyl (C=O) groups is 1. The number of carbonyl (C=O) groups excluding carboxylic acids is 1.